The van der Waals surface area contributed by atoms with E-state index in [1.54, 1.807) is 7.11 Å². The molecule has 1 nitrogen and oxygen atoms in total. The van der Waals surface area contributed by atoms with Crippen LogP contribution < -0.4 is 0 Å². The van der Waals surface area contributed by atoms with Crippen molar-refractivity contribution >= 4 is 0 Å². The Labute approximate surface area is 116 Å². The van der Waals surface area contributed by atoms with E-state index in [1.165, 1.54) is 23.1 Å². The molecule has 1 unspecified atom stereocenters. The molecule has 1 heteroatoms. The Kier molecular flexibility index (Phi) is 5.17. The molecule has 0 N–H and O–H groups in total. The van der Waals surface area contributed by atoms with Crippen LogP contribution in [-0.2, 0) is 17.6 Å². The van der Waals surface area contributed by atoms with Crippen LogP contribution in [0.25, 0.3) is 0 Å². The normalized spacial score (nSPS) is 12.3. The molecule has 0 fully saturated rings. The van der Waals surface area contributed by atoms with Crippen molar-refractivity contribution in [1.82, 2.24) is 0 Å². The summed E-state index contributed by atoms with van der Waals surface area (Å²) in [5, 5.41) is 0. The SMILES string of the molecule is CCCc1ccc(C(Cc2ccccc2)OC)cc1. The van der Waals surface area contributed by atoms with Crippen molar-refractivity contribution in [2.24, 2.45) is 0 Å². The summed E-state index contributed by atoms with van der Waals surface area (Å²) in [6.45, 7) is 2.21. The minimum atomic E-state index is 0.137. The third-order valence-electron chi connectivity index (χ3n) is 3.44. The molecule has 100 valence electrons. The van der Waals surface area contributed by atoms with E-state index in [0.717, 1.165) is 12.8 Å². The third kappa shape index (κ3) is 3.93. The third-order valence-corrected chi connectivity index (χ3v) is 3.44. The van der Waals surface area contributed by atoms with E-state index >= 15 is 0 Å². The molecule has 0 bridgehead atoms. The Balaban J connectivity index is 2.08. The fourth-order valence-corrected chi connectivity index (χ4v) is 2.35. The maximum Gasteiger partial charge on any atom is 0.0861 e. The summed E-state index contributed by atoms with van der Waals surface area (Å²) in [6.07, 6.45) is 3.40. The van der Waals surface area contributed by atoms with Crippen molar-refractivity contribution in [1.29, 1.82) is 0 Å². The first kappa shape index (κ1) is 13.8. The minimum absolute atomic E-state index is 0.137. The van der Waals surface area contributed by atoms with Gasteiger partial charge >= 0.3 is 0 Å². The lowest BCUT2D eigenvalue weighted by atomic mass is 9.99. The first-order valence-corrected chi connectivity index (χ1v) is 6.99. The first-order chi connectivity index (χ1) is 9.33. The van der Waals surface area contributed by atoms with E-state index in [0.29, 0.717) is 0 Å². The maximum absolute atomic E-state index is 5.64. The molecule has 1 atom stereocenters. The van der Waals surface area contributed by atoms with Crippen molar-refractivity contribution in [2.45, 2.75) is 32.3 Å². The van der Waals surface area contributed by atoms with Gasteiger partial charge < -0.3 is 4.74 Å². The lowest BCUT2D eigenvalue weighted by Crippen LogP contribution is -2.05. The highest BCUT2D eigenvalue weighted by Gasteiger charge is 2.11. The van der Waals surface area contributed by atoms with E-state index in [-0.39, 0.29) is 6.10 Å². The van der Waals surface area contributed by atoms with Gasteiger partial charge in [-0.05, 0) is 23.1 Å². The summed E-state index contributed by atoms with van der Waals surface area (Å²) in [5.41, 5.74) is 3.97. The molecule has 0 aliphatic carbocycles. The molecular weight excluding hydrogens is 232 g/mol. The van der Waals surface area contributed by atoms with Gasteiger partial charge in [0.05, 0.1) is 6.10 Å². The highest BCUT2D eigenvalue weighted by molar-refractivity contribution is 5.26. The fraction of sp³-hybridized carbons (Fsp3) is 0.333. The van der Waals surface area contributed by atoms with E-state index in [9.17, 15) is 0 Å². The number of hydrogen-bond acceptors (Lipinski definition) is 1. The number of hydrogen-bond donors (Lipinski definition) is 0. The van der Waals surface area contributed by atoms with E-state index in [1.807, 2.05) is 6.07 Å². The van der Waals surface area contributed by atoms with Crippen LogP contribution in [0.2, 0.25) is 0 Å². The predicted molar refractivity (Wildman–Crippen MR) is 80.3 cm³/mol. The van der Waals surface area contributed by atoms with Crippen LogP contribution in [-0.4, -0.2) is 7.11 Å². The van der Waals surface area contributed by atoms with Gasteiger partial charge in [-0.25, -0.2) is 0 Å². The van der Waals surface area contributed by atoms with Crippen molar-refractivity contribution in [3.8, 4) is 0 Å². The zero-order valence-electron chi connectivity index (χ0n) is 11.8. The Morgan fingerprint density at radius 3 is 2.16 bits per heavy atom. The van der Waals surface area contributed by atoms with E-state index in [2.05, 4.69) is 55.5 Å². The molecule has 2 rings (SSSR count). The number of aryl methyl sites for hydroxylation is 1. The molecule has 0 amide bonds. The first-order valence-electron chi connectivity index (χ1n) is 6.99. The molecule has 0 heterocycles. The van der Waals surface area contributed by atoms with Crippen LogP contribution in [0.15, 0.2) is 54.6 Å². The minimum Gasteiger partial charge on any atom is -0.376 e. The molecule has 0 spiro atoms. The summed E-state index contributed by atoms with van der Waals surface area (Å²) < 4.78 is 5.64. The van der Waals surface area contributed by atoms with Crippen LogP contribution >= 0.6 is 0 Å². The highest BCUT2D eigenvalue weighted by atomic mass is 16.5. The van der Waals surface area contributed by atoms with Crippen molar-refractivity contribution in [3.63, 3.8) is 0 Å². The van der Waals surface area contributed by atoms with Crippen LogP contribution in [0.4, 0.5) is 0 Å². The molecule has 2 aromatic carbocycles. The molecule has 0 aliphatic heterocycles. The molecule has 0 aliphatic rings. The van der Waals surface area contributed by atoms with Crippen molar-refractivity contribution in [3.05, 3.63) is 71.3 Å². The van der Waals surface area contributed by atoms with Gasteiger partial charge in [0.25, 0.3) is 0 Å². The van der Waals surface area contributed by atoms with Crippen LogP contribution in [0.1, 0.15) is 36.1 Å². The smallest absolute Gasteiger partial charge is 0.0861 e. The van der Waals surface area contributed by atoms with E-state index in [4.69, 9.17) is 4.74 Å². The predicted octanol–water partition coefficient (Wildman–Crippen LogP) is 4.57. The monoisotopic (exact) mass is 254 g/mol. The van der Waals surface area contributed by atoms with Gasteiger partial charge in [-0.1, -0.05) is 67.9 Å². The van der Waals surface area contributed by atoms with Crippen LogP contribution in [0.5, 0.6) is 0 Å². The van der Waals surface area contributed by atoms with Gasteiger partial charge in [0.2, 0.25) is 0 Å². The van der Waals surface area contributed by atoms with E-state index < -0.39 is 0 Å². The Morgan fingerprint density at radius 2 is 1.58 bits per heavy atom. The second kappa shape index (κ2) is 7.10. The standard InChI is InChI=1S/C18H22O/c1-3-7-15-10-12-17(13-11-15)18(19-2)14-16-8-5-4-6-9-16/h4-6,8-13,18H,3,7,14H2,1-2H3. The second-order valence-electron chi connectivity index (χ2n) is 4.91. The number of methoxy groups -OCH3 is 1. The Bertz CT molecular complexity index is 473. The van der Waals surface area contributed by atoms with Gasteiger partial charge in [-0.15, -0.1) is 0 Å². The zero-order valence-corrected chi connectivity index (χ0v) is 11.8. The average Bonchev–Trinajstić information content (AvgIpc) is 2.47. The highest BCUT2D eigenvalue weighted by Crippen LogP contribution is 2.22. The quantitative estimate of drug-likeness (QED) is 0.733. The molecule has 0 saturated heterocycles. The number of benzene rings is 2. The largest absolute Gasteiger partial charge is 0.376 e. The maximum atomic E-state index is 5.64. The lowest BCUT2D eigenvalue weighted by molar-refractivity contribution is 0.104. The summed E-state index contributed by atoms with van der Waals surface area (Å²) in [7, 11) is 1.79. The van der Waals surface area contributed by atoms with Gasteiger partial charge in [-0.2, -0.15) is 0 Å². The van der Waals surface area contributed by atoms with Gasteiger partial charge in [-0.3, -0.25) is 0 Å². The van der Waals surface area contributed by atoms with Crippen molar-refractivity contribution < 1.29 is 4.74 Å². The molecule has 2 aromatic rings. The molecule has 0 saturated carbocycles. The molecule has 19 heavy (non-hydrogen) atoms. The van der Waals surface area contributed by atoms with Crippen LogP contribution in [0.3, 0.4) is 0 Å². The molecule has 0 aromatic heterocycles. The van der Waals surface area contributed by atoms with Gasteiger partial charge in [0.15, 0.2) is 0 Å². The summed E-state index contributed by atoms with van der Waals surface area (Å²) >= 11 is 0. The summed E-state index contributed by atoms with van der Waals surface area (Å²) in [5.74, 6) is 0. The lowest BCUT2D eigenvalue weighted by Gasteiger charge is -2.16. The Hall–Kier alpha value is -1.60. The summed E-state index contributed by atoms with van der Waals surface area (Å²) in [4.78, 5) is 0. The molecule has 0 radical (unpaired) electrons. The zero-order chi connectivity index (χ0) is 13.5. The molecular formula is C18H22O. The number of rotatable bonds is 6. The van der Waals surface area contributed by atoms with Gasteiger partial charge in [0, 0.05) is 13.5 Å². The van der Waals surface area contributed by atoms with Crippen LogP contribution in [0, 0.1) is 0 Å². The van der Waals surface area contributed by atoms with Gasteiger partial charge in [0.1, 0.15) is 0 Å². The fourth-order valence-electron chi connectivity index (χ4n) is 2.35. The average molecular weight is 254 g/mol. The second-order valence-corrected chi connectivity index (χ2v) is 4.91. The number of ether oxygens (including phenoxy) is 1. The Morgan fingerprint density at radius 1 is 0.895 bits per heavy atom. The topological polar surface area (TPSA) is 9.23 Å². The summed E-state index contributed by atoms with van der Waals surface area (Å²) in [6, 6.07) is 19.3. The van der Waals surface area contributed by atoms with Crippen molar-refractivity contribution in [2.75, 3.05) is 7.11 Å².